The second kappa shape index (κ2) is 10.8. The third-order valence-electron chi connectivity index (χ3n) is 5.54. The molecule has 2 heterocycles. The number of ether oxygens (including phenoxy) is 1. The highest BCUT2D eigenvalue weighted by Gasteiger charge is 2.22. The lowest BCUT2D eigenvalue weighted by Crippen LogP contribution is -2.46. The number of hydrogen-bond acceptors (Lipinski definition) is 7. The molecule has 1 aliphatic rings. The molecular formula is C25H25N5O4. The first kappa shape index (κ1) is 23.2. The van der Waals surface area contributed by atoms with E-state index in [9.17, 15) is 14.4 Å². The number of para-hydroxylation sites is 2. The van der Waals surface area contributed by atoms with Gasteiger partial charge in [0.2, 0.25) is 0 Å². The highest BCUT2D eigenvalue weighted by atomic mass is 16.5. The van der Waals surface area contributed by atoms with Gasteiger partial charge in [0.1, 0.15) is 0 Å². The van der Waals surface area contributed by atoms with E-state index in [-0.39, 0.29) is 5.78 Å². The highest BCUT2D eigenvalue weighted by Crippen LogP contribution is 2.17. The second-order valence-corrected chi connectivity index (χ2v) is 7.80. The molecule has 0 atom stereocenters. The number of hydrogen-bond donors (Lipinski definition) is 1. The number of nitrogens with zero attached hydrogens (tertiary/aromatic N) is 4. The molecule has 0 unspecified atom stereocenters. The fourth-order valence-corrected chi connectivity index (χ4v) is 3.66. The summed E-state index contributed by atoms with van der Waals surface area (Å²) in [7, 11) is 0. The van der Waals surface area contributed by atoms with Gasteiger partial charge in [-0.25, -0.2) is 4.98 Å². The summed E-state index contributed by atoms with van der Waals surface area (Å²) in [6.45, 7) is 3.69. The van der Waals surface area contributed by atoms with Crippen molar-refractivity contribution in [1.82, 2.24) is 14.9 Å². The van der Waals surface area contributed by atoms with Crippen molar-refractivity contribution >= 4 is 40.4 Å². The molecule has 2 amide bonds. The second-order valence-electron chi connectivity index (χ2n) is 7.80. The number of amides is 2. The molecule has 0 aliphatic carbocycles. The first-order valence-corrected chi connectivity index (χ1v) is 11.0. The standard InChI is InChI=1S/C25H25N5O4/c26-24(32)25(33)30(12-11-29-13-15-34-16-14-29)20-8-5-18(6-9-20)23(31)10-7-19-17-27-21-3-1-2-4-22(21)28-19/h1-10,17H,11-16H2,(H2,26,32). The van der Waals surface area contributed by atoms with Gasteiger partial charge in [-0.1, -0.05) is 12.1 Å². The van der Waals surface area contributed by atoms with E-state index in [1.165, 1.54) is 11.0 Å². The van der Waals surface area contributed by atoms with Crippen molar-refractivity contribution in [1.29, 1.82) is 0 Å². The van der Waals surface area contributed by atoms with Crippen LogP contribution in [0.4, 0.5) is 5.69 Å². The molecule has 1 aliphatic heterocycles. The Morgan fingerprint density at radius 3 is 2.44 bits per heavy atom. The van der Waals surface area contributed by atoms with Crippen molar-refractivity contribution in [2.75, 3.05) is 44.3 Å². The van der Waals surface area contributed by atoms with Crippen LogP contribution in [0.3, 0.4) is 0 Å². The molecule has 4 rings (SSSR count). The minimum atomic E-state index is -1.03. The Labute approximate surface area is 196 Å². The first-order chi connectivity index (χ1) is 16.5. The molecule has 1 fully saturated rings. The lowest BCUT2D eigenvalue weighted by Gasteiger charge is -2.29. The quantitative estimate of drug-likeness (QED) is 0.324. The molecule has 1 aromatic heterocycles. The Hall–Kier alpha value is -3.95. The molecule has 9 nitrogen and oxygen atoms in total. The first-order valence-electron chi connectivity index (χ1n) is 11.0. The van der Waals surface area contributed by atoms with Crippen molar-refractivity contribution in [2.45, 2.75) is 0 Å². The molecule has 0 radical (unpaired) electrons. The number of carbonyl (C=O) groups excluding carboxylic acids is 3. The maximum Gasteiger partial charge on any atom is 0.316 e. The average molecular weight is 460 g/mol. The summed E-state index contributed by atoms with van der Waals surface area (Å²) in [5.41, 5.74) is 8.29. The molecule has 0 saturated carbocycles. The number of nitrogens with two attached hydrogens (primary N) is 1. The third kappa shape index (κ3) is 5.69. The molecule has 34 heavy (non-hydrogen) atoms. The number of anilines is 1. The number of allylic oxidation sites excluding steroid dienone is 1. The van der Waals surface area contributed by atoms with Crippen LogP contribution in [0.15, 0.2) is 60.8 Å². The number of primary amides is 1. The fourth-order valence-electron chi connectivity index (χ4n) is 3.66. The van der Waals surface area contributed by atoms with Gasteiger partial charge in [-0.05, 0) is 48.6 Å². The summed E-state index contributed by atoms with van der Waals surface area (Å²) < 4.78 is 5.34. The van der Waals surface area contributed by atoms with E-state index < -0.39 is 11.8 Å². The average Bonchev–Trinajstić information content (AvgIpc) is 2.88. The molecule has 2 N–H and O–H groups in total. The number of morpholine rings is 1. The molecular weight excluding hydrogens is 434 g/mol. The number of fused-ring (bicyclic) bond motifs is 1. The lowest BCUT2D eigenvalue weighted by atomic mass is 10.1. The van der Waals surface area contributed by atoms with Crippen LogP contribution in [-0.2, 0) is 14.3 Å². The molecule has 1 saturated heterocycles. The Bertz CT molecular complexity index is 1220. The van der Waals surface area contributed by atoms with Gasteiger partial charge in [0, 0.05) is 37.4 Å². The van der Waals surface area contributed by atoms with Crippen LogP contribution < -0.4 is 10.6 Å². The summed E-state index contributed by atoms with van der Waals surface area (Å²) in [6.07, 6.45) is 4.65. The fraction of sp³-hybridized carbons (Fsp3) is 0.240. The van der Waals surface area contributed by atoms with Crippen LogP contribution in [0.2, 0.25) is 0 Å². The SMILES string of the molecule is NC(=O)C(=O)N(CCN1CCOCC1)c1ccc(C(=O)C=Cc2cnc3ccccc3n2)cc1. The van der Waals surface area contributed by atoms with E-state index in [1.807, 2.05) is 24.3 Å². The number of ketones is 1. The van der Waals surface area contributed by atoms with Crippen LogP contribution in [0.25, 0.3) is 17.1 Å². The number of aromatic nitrogens is 2. The maximum absolute atomic E-state index is 12.6. The smallest absolute Gasteiger partial charge is 0.316 e. The zero-order valence-electron chi connectivity index (χ0n) is 18.6. The van der Waals surface area contributed by atoms with Gasteiger partial charge in [0.15, 0.2) is 5.78 Å². The van der Waals surface area contributed by atoms with Gasteiger partial charge >= 0.3 is 11.8 Å². The van der Waals surface area contributed by atoms with Gasteiger partial charge in [-0.15, -0.1) is 0 Å². The Balaban J connectivity index is 1.45. The Morgan fingerprint density at radius 2 is 1.74 bits per heavy atom. The third-order valence-corrected chi connectivity index (χ3v) is 5.54. The molecule has 0 spiro atoms. The van der Waals surface area contributed by atoms with Gasteiger partial charge in [-0.3, -0.25) is 24.3 Å². The Kier molecular flexibility index (Phi) is 7.36. The van der Waals surface area contributed by atoms with Crippen molar-refractivity contribution < 1.29 is 19.1 Å². The summed E-state index contributed by atoms with van der Waals surface area (Å²) in [4.78, 5) is 48.9. The Morgan fingerprint density at radius 1 is 1.03 bits per heavy atom. The van der Waals surface area contributed by atoms with E-state index in [0.717, 1.165) is 24.1 Å². The van der Waals surface area contributed by atoms with E-state index in [0.29, 0.717) is 43.2 Å². The maximum atomic E-state index is 12.6. The van der Waals surface area contributed by atoms with Crippen LogP contribution in [-0.4, -0.2) is 71.9 Å². The van der Waals surface area contributed by atoms with Gasteiger partial charge in [0.25, 0.3) is 0 Å². The number of carbonyl (C=O) groups is 3. The van der Waals surface area contributed by atoms with Crippen molar-refractivity contribution in [3.05, 3.63) is 72.1 Å². The molecule has 0 bridgehead atoms. The summed E-state index contributed by atoms with van der Waals surface area (Å²) in [5.74, 6) is -2.04. The minimum Gasteiger partial charge on any atom is -0.379 e. The summed E-state index contributed by atoms with van der Waals surface area (Å²) >= 11 is 0. The van der Waals surface area contributed by atoms with Crippen LogP contribution in [0, 0.1) is 0 Å². The number of rotatable bonds is 7. The van der Waals surface area contributed by atoms with Crippen LogP contribution in [0.1, 0.15) is 16.1 Å². The van der Waals surface area contributed by atoms with E-state index in [4.69, 9.17) is 10.5 Å². The summed E-state index contributed by atoms with van der Waals surface area (Å²) in [5, 5.41) is 0. The topological polar surface area (TPSA) is 119 Å². The van der Waals surface area contributed by atoms with Crippen molar-refractivity contribution in [3.8, 4) is 0 Å². The monoisotopic (exact) mass is 459 g/mol. The van der Waals surface area contributed by atoms with Crippen molar-refractivity contribution in [3.63, 3.8) is 0 Å². The van der Waals surface area contributed by atoms with Crippen molar-refractivity contribution in [2.24, 2.45) is 5.73 Å². The minimum absolute atomic E-state index is 0.220. The molecule has 174 valence electrons. The van der Waals surface area contributed by atoms with Gasteiger partial charge in [0.05, 0.1) is 36.1 Å². The molecule has 3 aromatic rings. The lowest BCUT2D eigenvalue weighted by molar-refractivity contribution is -0.135. The van der Waals surface area contributed by atoms with Crippen LogP contribution in [0.5, 0.6) is 0 Å². The molecule has 9 heteroatoms. The van der Waals surface area contributed by atoms with E-state index in [1.54, 1.807) is 36.5 Å². The van der Waals surface area contributed by atoms with Crippen LogP contribution >= 0.6 is 0 Å². The summed E-state index contributed by atoms with van der Waals surface area (Å²) in [6, 6.07) is 14.0. The largest absolute Gasteiger partial charge is 0.379 e. The van der Waals surface area contributed by atoms with E-state index in [2.05, 4.69) is 14.9 Å². The van der Waals surface area contributed by atoms with Gasteiger partial charge in [-0.2, -0.15) is 0 Å². The predicted octanol–water partition coefficient (Wildman–Crippen LogP) is 1.68. The zero-order chi connectivity index (χ0) is 23.9. The zero-order valence-corrected chi connectivity index (χ0v) is 18.6. The number of benzene rings is 2. The normalized spacial score (nSPS) is 14.4. The van der Waals surface area contributed by atoms with Gasteiger partial charge < -0.3 is 15.4 Å². The highest BCUT2D eigenvalue weighted by molar-refractivity contribution is 6.39. The predicted molar refractivity (Wildman–Crippen MR) is 128 cm³/mol. The van der Waals surface area contributed by atoms with E-state index >= 15 is 0 Å². The molecule has 2 aromatic carbocycles.